The number of unbranched alkanes of at least 4 members (excludes halogenated alkanes) is 1. The zero-order valence-electron chi connectivity index (χ0n) is 14.6. The minimum absolute atomic E-state index is 0.369. The number of rotatable bonds is 9. The number of nitrogens with two attached hydrogens (primary N) is 1. The maximum Gasteiger partial charge on any atom is 0.165 e. The van der Waals surface area contributed by atoms with Gasteiger partial charge in [0.2, 0.25) is 0 Å². The standard InChI is InChI=1S/C19H25N5O/c1-2-16(24-14-23-17-18(20)21-13-22-19(17)24)10-6-7-11-25-12-15-8-4-3-5-9-15/h3-5,8-9,13-14,16H,2,6-7,10-12H2,1H3,(H2,20,21,22)/t16-/m1/s1. The lowest BCUT2D eigenvalue weighted by molar-refractivity contribution is 0.116. The minimum Gasteiger partial charge on any atom is -0.382 e. The maximum absolute atomic E-state index is 5.87. The van der Waals surface area contributed by atoms with E-state index in [0.717, 1.165) is 37.9 Å². The Kier molecular flexibility index (Phi) is 5.95. The van der Waals surface area contributed by atoms with Crippen LogP contribution in [0.15, 0.2) is 43.0 Å². The highest BCUT2D eigenvalue weighted by molar-refractivity contribution is 5.81. The van der Waals surface area contributed by atoms with Crippen molar-refractivity contribution in [3.8, 4) is 0 Å². The Balaban J connectivity index is 1.47. The van der Waals surface area contributed by atoms with Crippen LogP contribution in [0.5, 0.6) is 0 Å². The van der Waals surface area contributed by atoms with Crippen LogP contribution in [0.25, 0.3) is 11.2 Å². The molecule has 0 unspecified atom stereocenters. The number of hydrogen-bond acceptors (Lipinski definition) is 5. The van der Waals surface area contributed by atoms with Crippen LogP contribution >= 0.6 is 0 Å². The summed E-state index contributed by atoms with van der Waals surface area (Å²) in [5.41, 5.74) is 8.60. The lowest BCUT2D eigenvalue weighted by atomic mass is 10.1. The molecule has 0 aliphatic carbocycles. The molecule has 0 fully saturated rings. The Morgan fingerprint density at radius 2 is 1.96 bits per heavy atom. The van der Waals surface area contributed by atoms with Crippen molar-refractivity contribution in [1.29, 1.82) is 0 Å². The van der Waals surface area contributed by atoms with Crippen LogP contribution < -0.4 is 5.73 Å². The van der Waals surface area contributed by atoms with Crippen LogP contribution in [0.2, 0.25) is 0 Å². The third-order valence-corrected chi connectivity index (χ3v) is 4.44. The Morgan fingerprint density at radius 3 is 2.76 bits per heavy atom. The molecule has 6 nitrogen and oxygen atoms in total. The number of imidazole rings is 1. The fraction of sp³-hybridized carbons (Fsp3) is 0.421. The molecule has 0 saturated heterocycles. The smallest absolute Gasteiger partial charge is 0.165 e. The summed E-state index contributed by atoms with van der Waals surface area (Å²) < 4.78 is 7.88. The molecule has 132 valence electrons. The van der Waals surface area contributed by atoms with Gasteiger partial charge in [0.15, 0.2) is 11.5 Å². The van der Waals surface area contributed by atoms with Crippen molar-refractivity contribution in [2.45, 2.75) is 45.3 Å². The Hall–Kier alpha value is -2.47. The van der Waals surface area contributed by atoms with Gasteiger partial charge in [-0.3, -0.25) is 0 Å². The molecule has 2 N–H and O–H groups in total. The zero-order chi connectivity index (χ0) is 17.5. The van der Waals surface area contributed by atoms with E-state index in [1.165, 1.54) is 11.9 Å². The highest BCUT2D eigenvalue weighted by Crippen LogP contribution is 2.24. The van der Waals surface area contributed by atoms with Gasteiger partial charge in [-0.25, -0.2) is 15.0 Å². The summed E-state index contributed by atoms with van der Waals surface area (Å²) in [6.07, 6.45) is 7.58. The normalized spacial score (nSPS) is 12.5. The topological polar surface area (TPSA) is 78.9 Å². The van der Waals surface area contributed by atoms with E-state index in [4.69, 9.17) is 10.5 Å². The van der Waals surface area contributed by atoms with Gasteiger partial charge in [-0.2, -0.15) is 0 Å². The molecule has 0 bridgehead atoms. The number of nitrogen functional groups attached to an aromatic ring is 1. The second-order valence-electron chi connectivity index (χ2n) is 6.18. The van der Waals surface area contributed by atoms with Gasteiger partial charge in [-0.1, -0.05) is 37.3 Å². The Morgan fingerprint density at radius 1 is 1.12 bits per heavy atom. The Labute approximate surface area is 148 Å². The summed E-state index contributed by atoms with van der Waals surface area (Å²) in [6.45, 7) is 3.65. The van der Waals surface area contributed by atoms with Gasteiger partial charge in [0.05, 0.1) is 12.9 Å². The largest absolute Gasteiger partial charge is 0.382 e. The highest BCUT2D eigenvalue weighted by Gasteiger charge is 2.14. The number of hydrogen-bond donors (Lipinski definition) is 1. The van der Waals surface area contributed by atoms with Crippen LogP contribution in [0, 0.1) is 0 Å². The first-order valence-electron chi connectivity index (χ1n) is 8.84. The van der Waals surface area contributed by atoms with Gasteiger partial charge in [0.25, 0.3) is 0 Å². The van der Waals surface area contributed by atoms with E-state index in [1.807, 2.05) is 24.5 Å². The average Bonchev–Trinajstić information content (AvgIpc) is 3.07. The second-order valence-corrected chi connectivity index (χ2v) is 6.18. The molecule has 2 aromatic heterocycles. The van der Waals surface area contributed by atoms with E-state index in [9.17, 15) is 0 Å². The predicted molar refractivity (Wildman–Crippen MR) is 99.0 cm³/mol. The van der Waals surface area contributed by atoms with Crippen LogP contribution in [0.3, 0.4) is 0 Å². The number of fused-ring (bicyclic) bond motifs is 1. The average molecular weight is 339 g/mol. The molecule has 0 saturated carbocycles. The highest BCUT2D eigenvalue weighted by atomic mass is 16.5. The molecule has 3 aromatic rings. The maximum atomic E-state index is 5.87. The third kappa shape index (κ3) is 4.33. The summed E-state index contributed by atoms with van der Waals surface area (Å²) >= 11 is 0. The summed E-state index contributed by atoms with van der Waals surface area (Å²) in [4.78, 5) is 12.7. The molecule has 3 rings (SSSR count). The van der Waals surface area contributed by atoms with Crippen molar-refractivity contribution in [3.05, 3.63) is 48.5 Å². The number of benzene rings is 1. The molecule has 0 aliphatic heterocycles. The van der Waals surface area contributed by atoms with Crippen molar-refractivity contribution in [2.75, 3.05) is 12.3 Å². The second kappa shape index (κ2) is 8.58. The minimum atomic E-state index is 0.369. The van der Waals surface area contributed by atoms with E-state index >= 15 is 0 Å². The summed E-state index contributed by atoms with van der Waals surface area (Å²) in [5.74, 6) is 0.438. The molecule has 1 atom stereocenters. The fourth-order valence-electron chi connectivity index (χ4n) is 3.03. The number of aromatic nitrogens is 4. The monoisotopic (exact) mass is 339 g/mol. The molecular weight excluding hydrogens is 314 g/mol. The first-order valence-corrected chi connectivity index (χ1v) is 8.84. The van der Waals surface area contributed by atoms with Crippen molar-refractivity contribution >= 4 is 17.0 Å². The Bertz CT molecular complexity index is 787. The number of anilines is 1. The first-order chi connectivity index (χ1) is 12.3. The zero-order valence-corrected chi connectivity index (χ0v) is 14.6. The molecule has 2 heterocycles. The van der Waals surface area contributed by atoms with E-state index in [-0.39, 0.29) is 0 Å². The van der Waals surface area contributed by atoms with Gasteiger partial charge in [-0.05, 0) is 31.2 Å². The van der Waals surface area contributed by atoms with Crippen molar-refractivity contribution < 1.29 is 4.74 Å². The molecule has 0 aliphatic rings. The summed E-state index contributed by atoms with van der Waals surface area (Å²) in [7, 11) is 0. The molecule has 1 aromatic carbocycles. The van der Waals surface area contributed by atoms with Crippen molar-refractivity contribution in [1.82, 2.24) is 19.5 Å². The lowest BCUT2D eigenvalue weighted by Crippen LogP contribution is -2.08. The third-order valence-electron chi connectivity index (χ3n) is 4.44. The SMILES string of the molecule is CC[C@H](CCCCOCc1ccccc1)n1cnc2c(N)ncnc21. The first kappa shape index (κ1) is 17.4. The van der Waals surface area contributed by atoms with E-state index < -0.39 is 0 Å². The van der Waals surface area contributed by atoms with Gasteiger partial charge in [-0.15, -0.1) is 0 Å². The molecule has 0 amide bonds. The quantitative estimate of drug-likeness (QED) is 0.601. The van der Waals surface area contributed by atoms with Gasteiger partial charge in [0.1, 0.15) is 11.8 Å². The van der Waals surface area contributed by atoms with E-state index in [0.29, 0.717) is 24.0 Å². The van der Waals surface area contributed by atoms with Crippen LogP contribution in [-0.2, 0) is 11.3 Å². The lowest BCUT2D eigenvalue weighted by Gasteiger charge is -2.17. The van der Waals surface area contributed by atoms with E-state index in [1.54, 1.807) is 0 Å². The molecule has 25 heavy (non-hydrogen) atoms. The molecule has 0 spiro atoms. The predicted octanol–water partition coefficient (Wildman–Crippen LogP) is 3.75. The van der Waals surface area contributed by atoms with Gasteiger partial charge in [0, 0.05) is 12.6 Å². The van der Waals surface area contributed by atoms with E-state index in [2.05, 4.69) is 38.6 Å². The number of nitrogens with zero attached hydrogens (tertiary/aromatic N) is 4. The van der Waals surface area contributed by atoms with Crippen molar-refractivity contribution in [2.24, 2.45) is 0 Å². The molecular formula is C19H25N5O. The summed E-state index contributed by atoms with van der Waals surface area (Å²) in [6, 6.07) is 10.6. The van der Waals surface area contributed by atoms with Crippen molar-refractivity contribution in [3.63, 3.8) is 0 Å². The van der Waals surface area contributed by atoms with Gasteiger partial charge < -0.3 is 15.0 Å². The van der Waals surface area contributed by atoms with Crippen LogP contribution in [0.1, 0.15) is 44.2 Å². The van der Waals surface area contributed by atoms with Gasteiger partial charge >= 0.3 is 0 Å². The fourth-order valence-corrected chi connectivity index (χ4v) is 3.03. The molecule has 6 heteroatoms. The number of ether oxygens (including phenoxy) is 1. The summed E-state index contributed by atoms with van der Waals surface area (Å²) in [5, 5.41) is 0. The van der Waals surface area contributed by atoms with Crippen LogP contribution in [0.4, 0.5) is 5.82 Å². The van der Waals surface area contributed by atoms with Crippen LogP contribution in [-0.4, -0.2) is 26.1 Å². The molecule has 0 radical (unpaired) electrons.